The minimum atomic E-state index is -0.0623. The van der Waals surface area contributed by atoms with Crippen LogP contribution in [0.15, 0.2) is 30.5 Å². The van der Waals surface area contributed by atoms with E-state index in [1.54, 1.807) is 7.05 Å². The maximum atomic E-state index is 11.5. The maximum absolute atomic E-state index is 11.5. The van der Waals surface area contributed by atoms with Crippen molar-refractivity contribution in [2.75, 3.05) is 7.05 Å². The molecule has 0 fully saturated rings. The van der Waals surface area contributed by atoms with Crippen LogP contribution in [-0.2, 0) is 18.5 Å². The number of nitrogens with zero attached hydrogens (tertiary/aromatic N) is 1. The minimum absolute atomic E-state index is 0.0582. The van der Waals surface area contributed by atoms with Crippen LogP contribution in [0.4, 0.5) is 0 Å². The second-order valence-electron chi connectivity index (χ2n) is 6.40. The van der Waals surface area contributed by atoms with E-state index in [9.17, 15) is 4.79 Å². The molecule has 0 aliphatic rings. The molecule has 3 N–H and O–H groups in total. The van der Waals surface area contributed by atoms with Crippen LogP contribution in [0, 0.1) is 0 Å². The number of nitrogens with one attached hydrogen (secondary N) is 3. The summed E-state index contributed by atoms with van der Waals surface area (Å²) in [5, 5.41) is 13.3. The highest BCUT2D eigenvalue weighted by atomic mass is 16.1. The number of benzene rings is 1. The van der Waals surface area contributed by atoms with Gasteiger partial charge in [-0.2, -0.15) is 5.10 Å². The van der Waals surface area contributed by atoms with Gasteiger partial charge in [-0.15, -0.1) is 0 Å². The number of carbonyl (C=O) groups is 1. The van der Waals surface area contributed by atoms with Crippen LogP contribution in [-0.4, -0.2) is 23.2 Å². The Morgan fingerprint density at radius 2 is 1.86 bits per heavy atom. The molecule has 118 valence electrons. The van der Waals surface area contributed by atoms with E-state index in [2.05, 4.69) is 41.6 Å². The molecule has 0 aliphatic carbocycles. The van der Waals surface area contributed by atoms with Gasteiger partial charge >= 0.3 is 0 Å². The van der Waals surface area contributed by atoms with Crippen molar-refractivity contribution >= 4 is 5.91 Å². The third-order valence-electron chi connectivity index (χ3n) is 3.56. The largest absolute Gasteiger partial charge is 0.355 e. The van der Waals surface area contributed by atoms with Crippen molar-refractivity contribution in [1.82, 2.24) is 20.8 Å². The zero-order chi connectivity index (χ0) is 16.2. The third kappa shape index (κ3) is 3.95. The Kier molecular flexibility index (Phi) is 4.98. The molecule has 22 heavy (non-hydrogen) atoms. The molecule has 0 unspecified atom stereocenters. The predicted molar refractivity (Wildman–Crippen MR) is 87.7 cm³/mol. The van der Waals surface area contributed by atoms with E-state index in [0.717, 1.165) is 24.3 Å². The zero-order valence-electron chi connectivity index (χ0n) is 13.7. The molecular formula is C17H24N4O. The van der Waals surface area contributed by atoms with Gasteiger partial charge in [0.2, 0.25) is 0 Å². The lowest BCUT2D eigenvalue weighted by Crippen LogP contribution is -2.19. The number of amides is 1. The van der Waals surface area contributed by atoms with Crippen LogP contribution in [0.3, 0.4) is 0 Å². The minimum Gasteiger partial charge on any atom is -0.355 e. The standard InChI is InChI=1S/C17H24N4O/c1-17(2,3)15-14(11-20-21-15)10-19-9-12-5-7-13(8-6-12)16(22)18-4/h5-8,11,19H,9-10H2,1-4H3,(H,18,22)(H,20,21). The molecule has 2 rings (SSSR count). The molecule has 1 aromatic heterocycles. The maximum Gasteiger partial charge on any atom is 0.251 e. The monoisotopic (exact) mass is 300 g/mol. The lowest BCUT2D eigenvalue weighted by molar-refractivity contribution is 0.0963. The first-order valence-corrected chi connectivity index (χ1v) is 7.46. The molecule has 0 radical (unpaired) electrons. The average Bonchev–Trinajstić information content (AvgIpc) is 2.96. The van der Waals surface area contributed by atoms with Crippen LogP contribution in [0.1, 0.15) is 48.0 Å². The van der Waals surface area contributed by atoms with Crippen molar-refractivity contribution in [3.8, 4) is 0 Å². The summed E-state index contributed by atoms with van der Waals surface area (Å²) < 4.78 is 0. The van der Waals surface area contributed by atoms with Crippen molar-refractivity contribution < 1.29 is 4.79 Å². The van der Waals surface area contributed by atoms with Crippen molar-refractivity contribution in [2.24, 2.45) is 0 Å². The fraction of sp³-hybridized carbons (Fsp3) is 0.412. The SMILES string of the molecule is CNC(=O)c1ccc(CNCc2cn[nH]c2C(C)(C)C)cc1. The number of H-pyrrole nitrogens is 1. The quantitative estimate of drug-likeness (QED) is 0.794. The van der Waals surface area contributed by atoms with E-state index in [4.69, 9.17) is 0 Å². The normalized spacial score (nSPS) is 11.5. The first-order chi connectivity index (χ1) is 10.4. The molecular weight excluding hydrogens is 276 g/mol. The molecule has 0 spiro atoms. The van der Waals surface area contributed by atoms with Gasteiger partial charge in [-0.25, -0.2) is 0 Å². The third-order valence-corrected chi connectivity index (χ3v) is 3.56. The second-order valence-corrected chi connectivity index (χ2v) is 6.40. The van der Waals surface area contributed by atoms with Crippen molar-refractivity contribution in [1.29, 1.82) is 0 Å². The Morgan fingerprint density at radius 1 is 1.18 bits per heavy atom. The summed E-state index contributed by atoms with van der Waals surface area (Å²) in [6, 6.07) is 7.62. The Morgan fingerprint density at radius 3 is 2.45 bits per heavy atom. The molecule has 0 bridgehead atoms. The highest BCUT2D eigenvalue weighted by Crippen LogP contribution is 2.23. The molecule has 0 atom stereocenters. The average molecular weight is 300 g/mol. The molecule has 5 heteroatoms. The van der Waals surface area contributed by atoms with Crippen LogP contribution in [0.25, 0.3) is 0 Å². The van der Waals surface area contributed by atoms with Crippen LogP contribution in [0.2, 0.25) is 0 Å². The summed E-state index contributed by atoms with van der Waals surface area (Å²) in [5.74, 6) is -0.0623. The van der Waals surface area contributed by atoms with E-state index >= 15 is 0 Å². The number of hydrogen-bond donors (Lipinski definition) is 3. The summed E-state index contributed by atoms with van der Waals surface area (Å²) in [4.78, 5) is 11.5. The molecule has 1 amide bonds. The summed E-state index contributed by atoms with van der Waals surface area (Å²) in [5.41, 5.74) is 4.23. The Balaban J connectivity index is 1.92. The van der Waals surface area contributed by atoms with Gasteiger partial charge in [0.1, 0.15) is 0 Å². The highest BCUT2D eigenvalue weighted by molar-refractivity contribution is 5.93. The molecule has 0 saturated carbocycles. The summed E-state index contributed by atoms with van der Waals surface area (Å²) in [6.45, 7) is 8.02. The zero-order valence-corrected chi connectivity index (χ0v) is 13.7. The lowest BCUT2D eigenvalue weighted by Gasteiger charge is -2.18. The van der Waals surface area contributed by atoms with E-state index in [-0.39, 0.29) is 11.3 Å². The van der Waals surface area contributed by atoms with Gasteiger partial charge in [0.15, 0.2) is 0 Å². The predicted octanol–water partition coefficient (Wildman–Crippen LogP) is 2.36. The second kappa shape index (κ2) is 6.75. The lowest BCUT2D eigenvalue weighted by atomic mass is 9.89. The van der Waals surface area contributed by atoms with Gasteiger partial charge in [-0.05, 0) is 17.7 Å². The van der Waals surface area contributed by atoms with E-state index in [0.29, 0.717) is 5.56 Å². The van der Waals surface area contributed by atoms with Crippen molar-refractivity contribution in [3.63, 3.8) is 0 Å². The van der Waals surface area contributed by atoms with Gasteiger partial charge in [-0.3, -0.25) is 9.89 Å². The number of carbonyl (C=O) groups excluding carboxylic acids is 1. The Labute approximate surface area is 131 Å². The Bertz CT molecular complexity index is 623. The van der Waals surface area contributed by atoms with E-state index in [1.165, 1.54) is 5.56 Å². The first-order valence-electron chi connectivity index (χ1n) is 7.46. The number of hydrogen-bond acceptors (Lipinski definition) is 3. The van der Waals surface area contributed by atoms with E-state index < -0.39 is 0 Å². The van der Waals surface area contributed by atoms with Crippen LogP contribution in [0.5, 0.6) is 0 Å². The first kappa shape index (κ1) is 16.2. The summed E-state index contributed by atoms with van der Waals surface area (Å²) in [6.07, 6.45) is 1.88. The fourth-order valence-corrected chi connectivity index (χ4v) is 2.35. The summed E-state index contributed by atoms with van der Waals surface area (Å²) in [7, 11) is 1.63. The van der Waals surface area contributed by atoms with Gasteiger partial charge < -0.3 is 10.6 Å². The summed E-state index contributed by atoms with van der Waals surface area (Å²) >= 11 is 0. The Hall–Kier alpha value is -2.14. The van der Waals surface area contributed by atoms with Gasteiger partial charge in [0.25, 0.3) is 5.91 Å². The van der Waals surface area contributed by atoms with Gasteiger partial charge in [0.05, 0.1) is 6.20 Å². The van der Waals surface area contributed by atoms with Gasteiger partial charge in [0, 0.05) is 42.4 Å². The molecule has 1 heterocycles. The molecule has 0 aliphatic heterocycles. The number of aromatic nitrogens is 2. The molecule has 5 nitrogen and oxygen atoms in total. The van der Waals surface area contributed by atoms with Crippen molar-refractivity contribution in [2.45, 2.75) is 39.3 Å². The van der Waals surface area contributed by atoms with Crippen LogP contribution < -0.4 is 10.6 Å². The topological polar surface area (TPSA) is 69.8 Å². The van der Waals surface area contributed by atoms with Crippen molar-refractivity contribution in [3.05, 3.63) is 52.8 Å². The molecule has 1 aromatic carbocycles. The fourth-order valence-electron chi connectivity index (χ4n) is 2.35. The molecule has 0 saturated heterocycles. The number of aromatic amines is 1. The smallest absolute Gasteiger partial charge is 0.251 e. The number of rotatable bonds is 5. The van der Waals surface area contributed by atoms with E-state index in [1.807, 2.05) is 30.5 Å². The molecule has 2 aromatic rings. The van der Waals surface area contributed by atoms with Crippen LogP contribution >= 0.6 is 0 Å². The van der Waals surface area contributed by atoms with Gasteiger partial charge in [-0.1, -0.05) is 32.9 Å². The highest BCUT2D eigenvalue weighted by Gasteiger charge is 2.19.